The average molecular weight is 606 g/mol. The first-order valence-electron chi connectivity index (χ1n) is 17.0. The molecular formula is C38H59N3O3. The van der Waals surface area contributed by atoms with Crippen LogP contribution in [0.25, 0.3) is 0 Å². The number of Topliss-reactive ketones (excluding diaryl/α,β-unsaturated/α-hetero) is 2. The van der Waals surface area contributed by atoms with Crippen LogP contribution in [0.15, 0.2) is 22.2 Å². The van der Waals surface area contributed by atoms with Crippen molar-refractivity contribution < 1.29 is 14.1 Å². The largest absolute Gasteiger partial charge is 0.361 e. The van der Waals surface area contributed by atoms with Gasteiger partial charge in [0.1, 0.15) is 17.6 Å². The fourth-order valence-corrected chi connectivity index (χ4v) is 10.2. The molecule has 6 atom stereocenters. The van der Waals surface area contributed by atoms with E-state index in [2.05, 4.69) is 65.0 Å². The summed E-state index contributed by atoms with van der Waals surface area (Å²) in [6.07, 6.45) is 10.2. The van der Waals surface area contributed by atoms with Crippen LogP contribution in [-0.2, 0) is 16.1 Å². The molecule has 1 aromatic heterocycles. The minimum atomic E-state index is -0.627. The van der Waals surface area contributed by atoms with Crippen LogP contribution in [0, 0.1) is 68.5 Å². The van der Waals surface area contributed by atoms with Crippen LogP contribution in [0.4, 0.5) is 0 Å². The maximum absolute atomic E-state index is 13.4. The molecule has 3 aliphatic carbocycles. The molecule has 3 aliphatic rings. The summed E-state index contributed by atoms with van der Waals surface area (Å²) >= 11 is 0. The molecule has 44 heavy (non-hydrogen) atoms. The van der Waals surface area contributed by atoms with Gasteiger partial charge in [0.05, 0.1) is 11.3 Å². The number of rotatable bonds is 10. The lowest BCUT2D eigenvalue weighted by atomic mass is 9.39. The van der Waals surface area contributed by atoms with E-state index >= 15 is 0 Å². The zero-order chi connectivity index (χ0) is 32.9. The summed E-state index contributed by atoms with van der Waals surface area (Å²) < 4.78 is 5.31. The summed E-state index contributed by atoms with van der Waals surface area (Å²) in [5, 5.41) is 18.0. The zero-order valence-electron chi connectivity index (χ0n) is 29.6. The third-order valence-corrected chi connectivity index (χ3v) is 13.4. The standard InChI is InChI=1S/C38H59N3O3/c1-25-20-33(4,5)14-16-38(25,24-40-23-29-19-27(3)44-41-29)17-15-34(6,7)37(11)13-12-30-35(8,9)32(43)28(22-39)21-36(30,10)31(37)18-26(2)42/h19,21,25,30-31,40H,12-18,20,23-24H2,1-11H3/t25?,30-,31+,36-,37+,38+/m0/s1. The van der Waals surface area contributed by atoms with Crippen molar-refractivity contribution in [3.05, 3.63) is 29.2 Å². The molecule has 0 amide bonds. The van der Waals surface area contributed by atoms with Crippen molar-refractivity contribution in [2.24, 2.45) is 50.2 Å². The SMILES string of the molecule is CC(=O)C[C@@H]1[C@@]2(C)C=C(C#N)C(=O)C(C)(C)[C@@H]2CC[C@@]1(C)C(C)(C)CC[C@@]1(CNCc2cc(C)on2)CCC(C)(C)CC1C. The van der Waals surface area contributed by atoms with E-state index in [1.54, 1.807) is 6.92 Å². The van der Waals surface area contributed by atoms with Crippen LogP contribution in [0.1, 0.15) is 132 Å². The fraction of sp³-hybridized carbons (Fsp3) is 0.789. The highest BCUT2D eigenvalue weighted by molar-refractivity contribution is 6.04. The van der Waals surface area contributed by atoms with E-state index in [0.717, 1.165) is 43.7 Å². The molecule has 0 radical (unpaired) electrons. The Bertz CT molecular complexity index is 1330. The number of ketones is 2. The number of aromatic nitrogens is 1. The first-order valence-corrected chi connectivity index (χ1v) is 17.0. The van der Waals surface area contributed by atoms with E-state index in [1.165, 1.54) is 19.3 Å². The van der Waals surface area contributed by atoms with Crippen molar-refractivity contribution in [2.75, 3.05) is 6.54 Å². The third-order valence-electron chi connectivity index (χ3n) is 13.4. The molecule has 0 aromatic carbocycles. The molecular weight excluding hydrogens is 546 g/mol. The number of aryl methyl sites for hydroxylation is 1. The van der Waals surface area contributed by atoms with Crippen molar-refractivity contribution in [2.45, 2.75) is 134 Å². The lowest BCUT2D eigenvalue weighted by molar-refractivity contribution is -0.156. The van der Waals surface area contributed by atoms with Crippen molar-refractivity contribution in [1.29, 1.82) is 5.26 Å². The number of hydrogen-bond donors (Lipinski definition) is 1. The topological polar surface area (TPSA) is 96.0 Å². The molecule has 0 saturated heterocycles. The van der Waals surface area contributed by atoms with Crippen molar-refractivity contribution >= 4 is 11.6 Å². The van der Waals surface area contributed by atoms with E-state index in [-0.39, 0.29) is 45.2 Å². The number of nitriles is 1. The van der Waals surface area contributed by atoms with Gasteiger partial charge in [0, 0.05) is 31.0 Å². The Hall–Kier alpha value is -2.26. The van der Waals surface area contributed by atoms with Crippen LogP contribution in [0.5, 0.6) is 0 Å². The maximum Gasteiger partial charge on any atom is 0.178 e. The van der Waals surface area contributed by atoms with Crippen molar-refractivity contribution in [3.63, 3.8) is 0 Å². The first kappa shape index (κ1) is 34.6. The Morgan fingerprint density at radius 2 is 1.84 bits per heavy atom. The lowest BCUT2D eigenvalue weighted by Crippen LogP contribution is -2.60. The molecule has 2 saturated carbocycles. The summed E-state index contributed by atoms with van der Waals surface area (Å²) in [6, 6.07) is 4.24. The van der Waals surface area contributed by atoms with Crippen LogP contribution >= 0.6 is 0 Å². The van der Waals surface area contributed by atoms with Crippen LogP contribution in [0.3, 0.4) is 0 Å². The number of carbonyl (C=O) groups is 2. The van der Waals surface area contributed by atoms with Gasteiger partial charge in [-0.05, 0) is 104 Å². The minimum absolute atomic E-state index is 0.0450. The van der Waals surface area contributed by atoms with Gasteiger partial charge in [0.2, 0.25) is 0 Å². The second kappa shape index (κ2) is 11.8. The number of nitrogens with zero attached hydrogens (tertiary/aromatic N) is 2. The summed E-state index contributed by atoms with van der Waals surface area (Å²) in [5.74, 6) is 1.70. The number of carbonyl (C=O) groups excluding carboxylic acids is 2. The maximum atomic E-state index is 13.4. The van der Waals surface area contributed by atoms with Gasteiger partial charge in [0.25, 0.3) is 0 Å². The molecule has 2 fully saturated rings. The van der Waals surface area contributed by atoms with E-state index in [4.69, 9.17) is 4.52 Å². The summed E-state index contributed by atoms with van der Waals surface area (Å²) in [7, 11) is 0. The zero-order valence-corrected chi connectivity index (χ0v) is 29.6. The second-order valence-corrected chi connectivity index (χ2v) is 17.6. The second-order valence-electron chi connectivity index (χ2n) is 17.6. The summed E-state index contributed by atoms with van der Waals surface area (Å²) in [6.45, 7) is 26.1. The smallest absolute Gasteiger partial charge is 0.178 e. The quantitative estimate of drug-likeness (QED) is 0.286. The minimum Gasteiger partial charge on any atom is -0.361 e. The Balaban J connectivity index is 1.65. The molecule has 6 nitrogen and oxygen atoms in total. The van der Waals surface area contributed by atoms with Gasteiger partial charge in [-0.15, -0.1) is 0 Å². The summed E-state index contributed by atoms with van der Waals surface area (Å²) in [5.41, 5.74) is 0.514. The highest BCUT2D eigenvalue weighted by Crippen LogP contribution is 2.68. The van der Waals surface area contributed by atoms with Gasteiger partial charge < -0.3 is 14.6 Å². The van der Waals surface area contributed by atoms with Gasteiger partial charge in [-0.3, -0.25) is 4.79 Å². The molecule has 1 unspecified atom stereocenters. The average Bonchev–Trinajstić information content (AvgIpc) is 3.33. The van der Waals surface area contributed by atoms with E-state index in [1.807, 2.05) is 32.9 Å². The summed E-state index contributed by atoms with van der Waals surface area (Å²) in [4.78, 5) is 26.3. The van der Waals surface area contributed by atoms with Crippen LogP contribution in [0.2, 0.25) is 0 Å². The Morgan fingerprint density at radius 1 is 1.16 bits per heavy atom. The van der Waals surface area contributed by atoms with Gasteiger partial charge >= 0.3 is 0 Å². The van der Waals surface area contributed by atoms with E-state index in [0.29, 0.717) is 24.3 Å². The molecule has 0 spiro atoms. The monoisotopic (exact) mass is 605 g/mol. The molecule has 244 valence electrons. The van der Waals surface area contributed by atoms with E-state index < -0.39 is 10.8 Å². The molecule has 1 aromatic rings. The number of nitrogens with one attached hydrogen (secondary N) is 1. The molecule has 1 N–H and O–H groups in total. The van der Waals surface area contributed by atoms with Gasteiger partial charge in [-0.2, -0.15) is 5.26 Å². The van der Waals surface area contributed by atoms with Gasteiger partial charge in [-0.1, -0.05) is 73.5 Å². The lowest BCUT2D eigenvalue weighted by Gasteiger charge is -2.64. The van der Waals surface area contributed by atoms with Crippen LogP contribution in [-0.4, -0.2) is 23.3 Å². The predicted molar refractivity (Wildman–Crippen MR) is 175 cm³/mol. The molecule has 4 rings (SSSR count). The van der Waals surface area contributed by atoms with Gasteiger partial charge in [0.15, 0.2) is 5.78 Å². The highest BCUT2D eigenvalue weighted by atomic mass is 16.5. The Labute approximate surface area is 267 Å². The number of fused-ring (bicyclic) bond motifs is 1. The number of hydrogen-bond acceptors (Lipinski definition) is 6. The molecule has 0 bridgehead atoms. The fourth-order valence-electron chi connectivity index (χ4n) is 10.2. The van der Waals surface area contributed by atoms with Crippen molar-refractivity contribution in [3.8, 4) is 6.07 Å². The van der Waals surface area contributed by atoms with E-state index in [9.17, 15) is 14.9 Å². The van der Waals surface area contributed by atoms with Crippen LogP contribution < -0.4 is 5.32 Å². The predicted octanol–water partition coefficient (Wildman–Crippen LogP) is 8.79. The normalized spacial score (nSPS) is 35.0. The molecule has 1 heterocycles. The number of allylic oxidation sites excluding steroid dienone is 2. The Kier molecular flexibility index (Phi) is 9.31. The molecule has 0 aliphatic heterocycles. The van der Waals surface area contributed by atoms with Crippen molar-refractivity contribution in [1.82, 2.24) is 10.5 Å². The highest BCUT2D eigenvalue weighted by Gasteiger charge is 2.63. The first-order chi connectivity index (χ1) is 20.2. The Morgan fingerprint density at radius 3 is 2.41 bits per heavy atom. The third kappa shape index (κ3) is 6.12. The van der Waals surface area contributed by atoms with Gasteiger partial charge in [-0.25, -0.2) is 0 Å². The molecule has 6 heteroatoms.